The van der Waals surface area contributed by atoms with Gasteiger partial charge in [0, 0.05) is 24.8 Å². The Hall–Kier alpha value is -1.38. The molecule has 1 fully saturated rings. The van der Waals surface area contributed by atoms with Crippen molar-refractivity contribution in [3.8, 4) is 0 Å². The van der Waals surface area contributed by atoms with E-state index < -0.39 is 0 Å². The summed E-state index contributed by atoms with van der Waals surface area (Å²) >= 11 is 0. The number of anilines is 1. The van der Waals surface area contributed by atoms with Crippen molar-refractivity contribution in [2.75, 3.05) is 11.9 Å². The van der Waals surface area contributed by atoms with Gasteiger partial charge in [-0.25, -0.2) is 4.98 Å². The molecule has 0 saturated heterocycles. The van der Waals surface area contributed by atoms with Crippen LogP contribution in [0.15, 0.2) is 18.3 Å². The first kappa shape index (κ1) is 12.1. The summed E-state index contributed by atoms with van der Waals surface area (Å²) < 4.78 is 0. The molecule has 0 N–H and O–H groups in total. The summed E-state index contributed by atoms with van der Waals surface area (Å²) in [6, 6.07) is 4.36. The number of aldehydes is 1. The normalized spacial score (nSPS) is 24.4. The maximum Gasteiger partial charge on any atom is 0.151 e. The molecular weight excluding hydrogens is 212 g/mol. The van der Waals surface area contributed by atoms with Crippen molar-refractivity contribution in [2.24, 2.45) is 5.92 Å². The molecular formula is C14H20N2O. The second-order valence-corrected chi connectivity index (χ2v) is 5.10. The van der Waals surface area contributed by atoms with E-state index in [0.29, 0.717) is 11.6 Å². The molecule has 0 amide bonds. The van der Waals surface area contributed by atoms with Crippen LogP contribution in [0.1, 0.15) is 43.0 Å². The van der Waals surface area contributed by atoms with Crippen LogP contribution in [0.25, 0.3) is 0 Å². The van der Waals surface area contributed by atoms with Crippen molar-refractivity contribution < 1.29 is 4.79 Å². The van der Waals surface area contributed by atoms with Gasteiger partial charge in [-0.05, 0) is 30.9 Å². The van der Waals surface area contributed by atoms with Gasteiger partial charge >= 0.3 is 0 Å². The van der Waals surface area contributed by atoms with Gasteiger partial charge in [0.1, 0.15) is 5.82 Å². The van der Waals surface area contributed by atoms with Crippen molar-refractivity contribution in [1.29, 1.82) is 0 Å². The lowest BCUT2D eigenvalue weighted by Gasteiger charge is -2.34. The SMILES string of the molecule is CC1CCCC(N(C)c2ccc(C=O)cn2)C1. The van der Waals surface area contributed by atoms with Gasteiger partial charge in [-0.15, -0.1) is 0 Å². The Bertz CT molecular complexity index is 374. The molecule has 2 unspecified atom stereocenters. The molecule has 3 heteroatoms. The first-order chi connectivity index (χ1) is 8.20. The van der Waals surface area contributed by atoms with Gasteiger partial charge in [-0.1, -0.05) is 19.8 Å². The third-order valence-electron chi connectivity index (χ3n) is 3.72. The predicted octanol–water partition coefficient (Wildman–Crippen LogP) is 2.91. The Morgan fingerprint density at radius 2 is 2.24 bits per heavy atom. The highest BCUT2D eigenvalue weighted by Crippen LogP contribution is 2.28. The minimum absolute atomic E-state index is 0.591. The first-order valence-electron chi connectivity index (χ1n) is 6.34. The highest BCUT2D eigenvalue weighted by molar-refractivity contribution is 5.74. The quantitative estimate of drug-likeness (QED) is 0.751. The summed E-state index contributed by atoms with van der Waals surface area (Å²) in [5.74, 6) is 1.78. The van der Waals surface area contributed by atoms with Gasteiger partial charge in [0.2, 0.25) is 0 Å². The van der Waals surface area contributed by atoms with Gasteiger partial charge in [0.15, 0.2) is 6.29 Å². The van der Waals surface area contributed by atoms with Crippen LogP contribution in [0.4, 0.5) is 5.82 Å². The standard InChI is InChI=1S/C14H20N2O/c1-11-4-3-5-13(8-11)16(2)14-7-6-12(10-17)9-15-14/h6-7,9-11,13H,3-5,8H2,1-2H3. The van der Waals surface area contributed by atoms with Crippen molar-refractivity contribution in [3.63, 3.8) is 0 Å². The fourth-order valence-corrected chi connectivity index (χ4v) is 2.62. The van der Waals surface area contributed by atoms with E-state index in [0.717, 1.165) is 18.0 Å². The Morgan fingerprint density at radius 3 is 2.82 bits per heavy atom. The van der Waals surface area contributed by atoms with E-state index >= 15 is 0 Å². The van der Waals surface area contributed by atoms with Crippen LogP contribution in [0.2, 0.25) is 0 Å². The average Bonchev–Trinajstić information content (AvgIpc) is 2.38. The summed E-state index contributed by atoms with van der Waals surface area (Å²) in [6.07, 6.45) is 7.63. The van der Waals surface area contributed by atoms with Crippen LogP contribution in [-0.2, 0) is 0 Å². The van der Waals surface area contributed by atoms with Gasteiger partial charge in [0.05, 0.1) is 0 Å². The number of pyridine rings is 1. The number of nitrogens with zero attached hydrogens (tertiary/aromatic N) is 2. The van der Waals surface area contributed by atoms with Gasteiger partial charge < -0.3 is 4.90 Å². The Labute approximate surface area is 103 Å². The molecule has 0 radical (unpaired) electrons. The third-order valence-corrected chi connectivity index (χ3v) is 3.72. The number of hydrogen-bond donors (Lipinski definition) is 0. The van der Waals surface area contributed by atoms with Crippen molar-refractivity contribution >= 4 is 12.1 Å². The first-order valence-corrected chi connectivity index (χ1v) is 6.34. The molecule has 1 aromatic heterocycles. The number of rotatable bonds is 3. The zero-order chi connectivity index (χ0) is 12.3. The fourth-order valence-electron chi connectivity index (χ4n) is 2.62. The van der Waals surface area contributed by atoms with E-state index in [9.17, 15) is 4.79 Å². The molecule has 1 saturated carbocycles. The van der Waals surface area contributed by atoms with Crippen LogP contribution in [0.3, 0.4) is 0 Å². The topological polar surface area (TPSA) is 33.2 Å². The molecule has 17 heavy (non-hydrogen) atoms. The molecule has 92 valence electrons. The van der Waals surface area contributed by atoms with Gasteiger partial charge in [-0.2, -0.15) is 0 Å². The molecule has 0 bridgehead atoms. The lowest BCUT2D eigenvalue weighted by Crippen LogP contribution is -2.36. The Balaban J connectivity index is 2.07. The summed E-state index contributed by atoms with van der Waals surface area (Å²) in [6.45, 7) is 2.32. The zero-order valence-electron chi connectivity index (χ0n) is 10.6. The second-order valence-electron chi connectivity index (χ2n) is 5.10. The summed E-state index contributed by atoms with van der Waals surface area (Å²) in [7, 11) is 2.10. The summed E-state index contributed by atoms with van der Waals surface area (Å²) in [5, 5.41) is 0. The fraction of sp³-hybridized carbons (Fsp3) is 0.571. The van der Waals surface area contributed by atoms with Crippen LogP contribution in [0, 0.1) is 5.92 Å². The van der Waals surface area contributed by atoms with E-state index in [1.165, 1.54) is 25.7 Å². The maximum atomic E-state index is 10.6. The molecule has 1 aliphatic carbocycles. The van der Waals surface area contributed by atoms with E-state index in [1.54, 1.807) is 6.20 Å². The van der Waals surface area contributed by atoms with Crippen LogP contribution < -0.4 is 4.90 Å². The lowest BCUT2D eigenvalue weighted by atomic mass is 9.86. The van der Waals surface area contributed by atoms with Crippen molar-refractivity contribution in [1.82, 2.24) is 4.98 Å². The molecule has 0 aliphatic heterocycles. The average molecular weight is 232 g/mol. The third kappa shape index (κ3) is 2.84. The number of hydrogen-bond acceptors (Lipinski definition) is 3. The largest absolute Gasteiger partial charge is 0.357 e. The van der Waals surface area contributed by atoms with E-state index in [4.69, 9.17) is 0 Å². The molecule has 1 aromatic rings. The second kappa shape index (κ2) is 5.30. The van der Waals surface area contributed by atoms with Crippen LogP contribution in [0.5, 0.6) is 0 Å². The molecule has 0 spiro atoms. The maximum absolute atomic E-state index is 10.6. The monoisotopic (exact) mass is 232 g/mol. The van der Waals surface area contributed by atoms with Crippen molar-refractivity contribution in [2.45, 2.75) is 38.6 Å². The van der Waals surface area contributed by atoms with Gasteiger partial charge in [-0.3, -0.25) is 4.79 Å². The Morgan fingerprint density at radius 1 is 1.41 bits per heavy atom. The predicted molar refractivity (Wildman–Crippen MR) is 69.4 cm³/mol. The molecule has 1 aliphatic rings. The highest BCUT2D eigenvalue weighted by Gasteiger charge is 2.22. The van der Waals surface area contributed by atoms with E-state index in [-0.39, 0.29) is 0 Å². The molecule has 1 heterocycles. The summed E-state index contributed by atoms with van der Waals surface area (Å²) in [5.41, 5.74) is 0.638. The highest BCUT2D eigenvalue weighted by atomic mass is 16.1. The van der Waals surface area contributed by atoms with E-state index in [2.05, 4.69) is 23.9 Å². The van der Waals surface area contributed by atoms with Crippen LogP contribution in [-0.4, -0.2) is 24.4 Å². The number of carbonyl (C=O) groups is 1. The molecule has 2 rings (SSSR count). The Kier molecular flexibility index (Phi) is 3.77. The lowest BCUT2D eigenvalue weighted by molar-refractivity contribution is 0.112. The summed E-state index contributed by atoms with van der Waals surface area (Å²) in [4.78, 5) is 17.2. The number of aromatic nitrogens is 1. The molecule has 2 atom stereocenters. The van der Waals surface area contributed by atoms with Crippen LogP contribution >= 0.6 is 0 Å². The van der Waals surface area contributed by atoms with Gasteiger partial charge in [0.25, 0.3) is 0 Å². The molecule has 3 nitrogen and oxygen atoms in total. The zero-order valence-corrected chi connectivity index (χ0v) is 10.6. The smallest absolute Gasteiger partial charge is 0.151 e. The van der Waals surface area contributed by atoms with Crippen molar-refractivity contribution in [3.05, 3.63) is 23.9 Å². The minimum atomic E-state index is 0.591. The number of carbonyl (C=O) groups excluding carboxylic acids is 1. The van der Waals surface area contributed by atoms with E-state index in [1.807, 2.05) is 12.1 Å². The minimum Gasteiger partial charge on any atom is -0.357 e. The molecule has 0 aromatic carbocycles.